The Bertz CT molecular complexity index is 2960. The van der Waals surface area contributed by atoms with Crippen LogP contribution >= 0.6 is 7.14 Å². The van der Waals surface area contributed by atoms with Crippen LogP contribution in [-0.2, 0) is 4.57 Å². The van der Waals surface area contributed by atoms with Crippen LogP contribution in [0.25, 0.3) is 70.9 Å². The lowest BCUT2D eigenvalue weighted by Gasteiger charge is -2.29. The highest BCUT2D eigenvalue weighted by Crippen LogP contribution is 2.50. The summed E-state index contributed by atoms with van der Waals surface area (Å²) in [7, 11) is -3.05. The van der Waals surface area contributed by atoms with Crippen molar-refractivity contribution in [3.63, 3.8) is 0 Å². The molecule has 1 aliphatic rings. The van der Waals surface area contributed by atoms with E-state index < -0.39 is 7.14 Å². The van der Waals surface area contributed by atoms with Gasteiger partial charge in [0.2, 0.25) is 0 Å². The van der Waals surface area contributed by atoms with Crippen LogP contribution in [0.1, 0.15) is 5.56 Å². The summed E-state index contributed by atoms with van der Waals surface area (Å²) in [4.78, 5) is 0. The van der Waals surface area contributed by atoms with E-state index in [1.165, 1.54) is 65.3 Å². The average Bonchev–Trinajstić information content (AvgIpc) is 3.25. The molecule has 0 radical (unpaired) electrons. The number of dihydropyridines is 1. The fraction of sp³-hybridized carbons (Fsp3) is 0.0196. The molecule has 0 spiro atoms. The van der Waals surface area contributed by atoms with Crippen LogP contribution in [0.2, 0.25) is 0 Å². The van der Waals surface area contributed by atoms with Gasteiger partial charge in [0.25, 0.3) is 0 Å². The highest BCUT2D eigenvalue weighted by molar-refractivity contribution is 7.79. The normalized spacial score (nSPS) is 14.4. The summed E-state index contributed by atoms with van der Waals surface area (Å²) in [5, 5.41) is 15.0. The molecule has 0 bridgehead atoms. The zero-order chi connectivity index (χ0) is 36.1. The lowest BCUT2D eigenvalue weighted by Crippen LogP contribution is -2.34. The second-order valence-corrected chi connectivity index (χ2v) is 17.0. The second kappa shape index (κ2) is 13.2. The first kappa shape index (κ1) is 32.2. The number of hydrogen-bond donors (Lipinski definition) is 1. The molecular weight excluding hydrogens is 674 g/mol. The van der Waals surface area contributed by atoms with Crippen LogP contribution < -0.4 is 15.9 Å². The number of allylic oxidation sites excluding steroid dienone is 2. The monoisotopic (exact) mass is 709 g/mol. The van der Waals surface area contributed by atoms with Gasteiger partial charge in [0.05, 0.1) is 0 Å². The van der Waals surface area contributed by atoms with Crippen molar-refractivity contribution in [2.75, 3.05) is 0 Å². The van der Waals surface area contributed by atoms with Gasteiger partial charge in [0.1, 0.15) is 5.78 Å². The minimum absolute atomic E-state index is 0.372. The van der Waals surface area contributed by atoms with Gasteiger partial charge in [-0.3, -0.25) is 0 Å². The summed E-state index contributed by atoms with van der Waals surface area (Å²) in [6.07, 6.45) is 6.28. The summed E-state index contributed by atoms with van der Waals surface area (Å²) in [6, 6.07) is 66.3. The summed E-state index contributed by atoms with van der Waals surface area (Å²) < 4.78 is 15.1. The van der Waals surface area contributed by atoms with Crippen molar-refractivity contribution >= 4 is 66.4 Å². The second-order valence-electron chi connectivity index (χ2n) is 14.1. The molecule has 0 saturated carbocycles. The molecule has 9 aromatic rings. The van der Waals surface area contributed by atoms with Crippen LogP contribution in [-0.4, -0.2) is 5.78 Å². The quantitative estimate of drug-likeness (QED) is 0.138. The van der Waals surface area contributed by atoms with Gasteiger partial charge in [0.15, 0.2) is 7.14 Å². The molecule has 10 rings (SSSR count). The van der Waals surface area contributed by atoms with Gasteiger partial charge in [-0.25, -0.2) is 0 Å². The Morgan fingerprint density at radius 2 is 0.870 bits per heavy atom. The zero-order valence-electron chi connectivity index (χ0n) is 29.6. The van der Waals surface area contributed by atoms with Crippen molar-refractivity contribution in [3.05, 3.63) is 212 Å². The smallest absolute Gasteiger partial charge is 0.168 e. The predicted molar refractivity (Wildman–Crippen MR) is 231 cm³/mol. The lowest BCUT2D eigenvalue weighted by atomic mass is 9.84. The molecule has 0 aromatic heterocycles. The van der Waals surface area contributed by atoms with Gasteiger partial charge in [-0.2, -0.15) is 0 Å². The van der Waals surface area contributed by atoms with Crippen LogP contribution in [0, 0.1) is 0 Å². The van der Waals surface area contributed by atoms with E-state index in [1.807, 2.05) is 66.9 Å². The number of hydrogen-bond acceptors (Lipinski definition) is 2. The Labute approximate surface area is 315 Å². The van der Waals surface area contributed by atoms with E-state index in [1.54, 1.807) is 0 Å². The minimum atomic E-state index is -3.05. The highest BCUT2D eigenvalue weighted by atomic mass is 31.2. The fourth-order valence-electron chi connectivity index (χ4n) is 8.32. The van der Waals surface area contributed by atoms with Crippen LogP contribution in [0.4, 0.5) is 0 Å². The first-order valence-electron chi connectivity index (χ1n) is 18.5. The first-order valence-corrected chi connectivity index (χ1v) is 20.3. The summed E-state index contributed by atoms with van der Waals surface area (Å²) in [5.41, 5.74) is 7.00. The average molecular weight is 710 g/mol. The molecule has 0 amide bonds. The predicted octanol–water partition coefficient (Wildman–Crippen LogP) is 12.5. The number of rotatable bonds is 6. The van der Waals surface area contributed by atoms with Crippen LogP contribution in [0.5, 0.6) is 0 Å². The molecule has 54 heavy (non-hydrogen) atoms. The third kappa shape index (κ3) is 5.38. The van der Waals surface area contributed by atoms with Gasteiger partial charge in [-0.15, -0.1) is 0 Å². The van der Waals surface area contributed by atoms with Gasteiger partial charge >= 0.3 is 0 Å². The first-order chi connectivity index (χ1) is 26.6. The minimum Gasteiger partial charge on any atom is -0.377 e. The molecule has 0 saturated heterocycles. The maximum absolute atomic E-state index is 15.1. The standard InChI is InChI=1S/C51H36NOP/c53-54(43-17-3-1-4-18-43,44-19-5-2-6-20-44)49-30-28-42(34-52-49)39-27-29-47-48(33-39)51(41-26-24-36-14-8-10-16-38(36)32-41)46-22-12-11-21-45(46)50(47)40-25-23-35-13-7-9-15-37(35)31-40/h1-34,49,52H. The Morgan fingerprint density at radius 1 is 0.407 bits per heavy atom. The van der Waals surface area contributed by atoms with Gasteiger partial charge in [0, 0.05) is 16.8 Å². The topological polar surface area (TPSA) is 29.1 Å². The zero-order valence-corrected chi connectivity index (χ0v) is 30.5. The van der Waals surface area contributed by atoms with Gasteiger partial charge < -0.3 is 9.88 Å². The van der Waals surface area contributed by atoms with Crippen LogP contribution in [0.15, 0.2) is 206 Å². The molecule has 3 heteroatoms. The van der Waals surface area contributed by atoms with E-state index in [2.05, 4.69) is 145 Å². The summed E-state index contributed by atoms with van der Waals surface area (Å²) >= 11 is 0. The van der Waals surface area contributed by atoms with E-state index in [4.69, 9.17) is 0 Å². The largest absolute Gasteiger partial charge is 0.377 e. The van der Waals surface area contributed by atoms with Crippen LogP contribution in [0.3, 0.4) is 0 Å². The Morgan fingerprint density at radius 3 is 1.41 bits per heavy atom. The fourth-order valence-corrected chi connectivity index (χ4v) is 11.1. The molecule has 1 atom stereocenters. The number of nitrogens with one attached hydrogen (secondary N) is 1. The molecule has 1 N–H and O–H groups in total. The number of benzene rings is 9. The van der Waals surface area contributed by atoms with E-state index in [0.29, 0.717) is 0 Å². The molecule has 9 aromatic carbocycles. The van der Waals surface area contributed by atoms with Crippen molar-refractivity contribution in [1.82, 2.24) is 5.32 Å². The van der Waals surface area contributed by atoms with Crippen molar-refractivity contribution in [2.24, 2.45) is 0 Å². The summed E-state index contributed by atoms with van der Waals surface area (Å²) in [6.45, 7) is 0. The molecule has 0 aliphatic carbocycles. The third-order valence-corrected chi connectivity index (χ3v) is 14.2. The van der Waals surface area contributed by atoms with Crippen molar-refractivity contribution in [3.8, 4) is 22.3 Å². The van der Waals surface area contributed by atoms with Gasteiger partial charge in [-0.1, -0.05) is 182 Å². The lowest BCUT2D eigenvalue weighted by molar-refractivity contribution is 0.579. The molecular formula is C51H36NOP. The van der Waals surface area contributed by atoms with Gasteiger partial charge in [-0.05, 0) is 94.7 Å². The maximum Gasteiger partial charge on any atom is 0.168 e. The molecule has 0 fully saturated rings. The molecule has 1 heterocycles. The Balaban J connectivity index is 1.16. The molecule has 1 aliphatic heterocycles. The molecule has 2 nitrogen and oxygen atoms in total. The maximum atomic E-state index is 15.1. The van der Waals surface area contributed by atoms with E-state index >= 15 is 4.57 Å². The van der Waals surface area contributed by atoms with E-state index in [0.717, 1.165) is 21.7 Å². The summed E-state index contributed by atoms with van der Waals surface area (Å²) in [5.74, 6) is -0.372. The molecule has 256 valence electrons. The third-order valence-electron chi connectivity index (χ3n) is 11.0. The molecule has 1 unspecified atom stereocenters. The number of fused-ring (bicyclic) bond motifs is 4. The SMILES string of the molecule is O=P(c1ccccc1)(c1ccccc1)C1C=CC(c2ccc3c(-c4ccc5ccccc5c4)c4ccccc4c(-c4ccc5ccccc5c4)c3c2)=CN1. The Kier molecular flexibility index (Phi) is 7.86. The Hall–Kier alpha value is -6.47. The van der Waals surface area contributed by atoms with E-state index in [-0.39, 0.29) is 5.78 Å². The van der Waals surface area contributed by atoms with Crippen molar-refractivity contribution < 1.29 is 4.57 Å². The van der Waals surface area contributed by atoms with E-state index in [9.17, 15) is 0 Å². The van der Waals surface area contributed by atoms with Crippen molar-refractivity contribution in [2.45, 2.75) is 5.78 Å². The van der Waals surface area contributed by atoms with Crippen molar-refractivity contribution in [1.29, 1.82) is 0 Å². The highest BCUT2D eigenvalue weighted by Gasteiger charge is 2.35.